The lowest BCUT2D eigenvalue weighted by Crippen LogP contribution is -2.48. The van der Waals surface area contributed by atoms with Gasteiger partial charge in [-0.1, -0.05) is 12.1 Å². The second kappa shape index (κ2) is 7.65. The molecular formula is C15H21N3O4. The third kappa shape index (κ3) is 4.36. The molecule has 0 aromatic heterocycles. The molecule has 22 heavy (non-hydrogen) atoms. The van der Waals surface area contributed by atoms with Gasteiger partial charge in [-0.15, -0.1) is 0 Å². The van der Waals surface area contributed by atoms with E-state index < -0.39 is 6.03 Å². The van der Waals surface area contributed by atoms with Crippen molar-refractivity contribution >= 4 is 17.6 Å². The Morgan fingerprint density at radius 1 is 1.41 bits per heavy atom. The van der Waals surface area contributed by atoms with E-state index >= 15 is 0 Å². The number of amides is 3. The van der Waals surface area contributed by atoms with E-state index in [1.54, 1.807) is 14.0 Å². The number of carbonyl (C=O) groups excluding carboxylic acids is 2. The molecule has 2 rings (SSSR count). The number of fused-ring (bicyclic) bond motifs is 1. The van der Waals surface area contributed by atoms with Crippen LogP contribution in [0.3, 0.4) is 0 Å². The van der Waals surface area contributed by atoms with Crippen molar-refractivity contribution in [1.82, 2.24) is 10.6 Å². The second-order valence-electron chi connectivity index (χ2n) is 5.12. The molecule has 1 atom stereocenters. The maximum Gasteiger partial charge on any atom is 0.321 e. The molecule has 1 aromatic carbocycles. The van der Waals surface area contributed by atoms with Crippen molar-refractivity contribution in [3.8, 4) is 5.75 Å². The van der Waals surface area contributed by atoms with Crippen molar-refractivity contribution in [1.29, 1.82) is 0 Å². The number of imide groups is 1. The first-order valence-electron chi connectivity index (χ1n) is 7.16. The van der Waals surface area contributed by atoms with Gasteiger partial charge in [-0.25, -0.2) is 4.79 Å². The van der Waals surface area contributed by atoms with Crippen LogP contribution in [-0.4, -0.2) is 51.4 Å². The average molecular weight is 307 g/mol. The zero-order chi connectivity index (χ0) is 15.9. The first-order chi connectivity index (χ1) is 10.6. The normalized spacial score (nSPS) is 14.5. The highest BCUT2D eigenvalue weighted by Gasteiger charge is 2.20. The number of hydrogen-bond acceptors (Lipinski definition) is 5. The number of urea groups is 1. The van der Waals surface area contributed by atoms with E-state index in [1.807, 2.05) is 29.2 Å². The van der Waals surface area contributed by atoms with Crippen molar-refractivity contribution in [2.24, 2.45) is 0 Å². The number of benzene rings is 1. The van der Waals surface area contributed by atoms with Crippen molar-refractivity contribution in [3.05, 3.63) is 24.3 Å². The van der Waals surface area contributed by atoms with E-state index in [1.165, 1.54) is 0 Å². The second-order valence-corrected chi connectivity index (χ2v) is 5.12. The molecule has 0 aliphatic carbocycles. The molecule has 7 nitrogen and oxygen atoms in total. The summed E-state index contributed by atoms with van der Waals surface area (Å²) in [5.74, 6) is 0.388. The predicted molar refractivity (Wildman–Crippen MR) is 82.2 cm³/mol. The monoisotopic (exact) mass is 307 g/mol. The first kappa shape index (κ1) is 16.1. The Morgan fingerprint density at radius 3 is 2.95 bits per heavy atom. The summed E-state index contributed by atoms with van der Waals surface area (Å²) >= 11 is 0. The molecule has 1 heterocycles. The SMILES string of the molecule is COC[C@H](C)NC(=O)NC(=O)CN1CCOc2ccccc21. The number of para-hydroxylation sites is 2. The summed E-state index contributed by atoms with van der Waals surface area (Å²) in [5.41, 5.74) is 0.858. The molecule has 3 amide bonds. The number of ether oxygens (including phenoxy) is 2. The van der Waals surface area contributed by atoms with Gasteiger partial charge >= 0.3 is 6.03 Å². The lowest BCUT2D eigenvalue weighted by Gasteiger charge is -2.30. The Bertz CT molecular complexity index is 535. The zero-order valence-corrected chi connectivity index (χ0v) is 12.8. The third-order valence-electron chi connectivity index (χ3n) is 3.21. The molecular weight excluding hydrogens is 286 g/mol. The van der Waals surface area contributed by atoms with Gasteiger partial charge in [0.05, 0.1) is 31.4 Å². The molecule has 0 fully saturated rings. The topological polar surface area (TPSA) is 79.9 Å². The highest BCUT2D eigenvalue weighted by atomic mass is 16.5. The van der Waals surface area contributed by atoms with Crippen LogP contribution in [0, 0.1) is 0 Å². The minimum atomic E-state index is -0.518. The van der Waals surface area contributed by atoms with Crippen LogP contribution < -0.4 is 20.3 Å². The quantitative estimate of drug-likeness (QED) is 0.839. The van der Waals surface area contributed by atoms with E-state index in [-0.39, 0.29) is 18.5 Å². The Kier molecular flexibility index (Phi) is 5.60. The van der Waals surface area contributed by atoms with Crippen LogP contribution >= 0.6 is 0 Å². The molecule has 0 saturated heterocycles. The fourth-order valence-corrected chi connectivity index (χ4v) is 2.28. The Balaban J connectivity index is 1.86. The molecule has 0 radical (unpaired) electrons. The Hall–Kier alpha value is -2.28. The summed E-state index contributed by atoms with van der Waals surface area (Å²) in [6.45, 7) is 3.41. The van der Waals surface area contributed by atoms with Crippen LogP contribution in [0.4, 0.5) is 10.5 Å². The standard InChI is InChI=1S/C15H21N3O4/c1-11(10-21-2)16-15(20)17-14(19)9-18-7-8-22-13-6-4-3-5-12(13)18/h3-6,11H,7-10H2,1-2H3,(H2,16,17,19,20)/t11-/m0/s1. The van der Waals surface area contributed by atoms with Gasteiger partial charge in [0.1, 0.15) is 12.4 Å². The molecule has 0 unspecified atom stereocenters. The highest BCUT2D eigenvalue weighted by Crippen LogP contribution is 2.30. The molecule has 2 N–H and O–H groups in total. The van der Waals surface area contributed by atoms with Gasteiger partial charge in [0.2, 0.25) is 5.91 Å². The third-order valence-corrected chi connectivity index (χ3v) is 3.21. The Labute approximate surface area is 129 Å². The highest BCUT2D eigenvalue weighted by molar-refractivity contribution is 5.96. The van der Waals surface area contributed by atoms with Gasteiger partial charge in [0.25, 0.3) is 0 Å². The summed E-state index contributed by atoms with van der Waals surface area (Å²) < 4.78 is 10.4. The number of rotatable bonds is 5. The fraction of sp³-hybridized carbons (Fsp3) is 0.467. The molecule has 1 aliphatic rings. The molecule has 7 heteroatoms. The summed E-state index contributed by atoms with van der Waals surface area (Å²) in [7, 11) is 1.55. The van der Waals surface area contributed by atoms with Crippen LogP contribution in [0.25, 0.3) is 0 Å². The summed E-state index contributed by atoms with van der Waals surface area (Å²) in [5, 5.41) is 4.95. The van der Waals surface area contributed by atoms with Crippen molar-refractivity contribution < 1.29 is 19.1 Å². The van der Waals surface area contributed by atoms with Gasteiger partial charge in [0.15, 0.2) is 0 Å². The van der Waals surface area contributed by atoms with Crippen LogP contribution in [0.2, 0.25) is 0 Å². The van der Waals surface area contributed by atoms with Crippen molar-refractivity contribution in [2.45, 2.75) is 13.0 Å². The van der Waals surface area contributed by atoms with Crippen molar-refractivity contribution in [3.63, 3.8) is 0 Å². The van der Waals surface area contributed by atoms with Crippen molar-refractivity contribution in [2.75, 3.05) is 38.3 Å². The smallest absolute Gasteiger partial charge is 0.321 e. The first-order valence-corrected chi connectivity index (χ1v) is 7.16. The number of anilines is 1. The van der Waals surface area contributed by atoms with E-state index in [2.05, 4.69) is 10.6 Å². The predicted octanol–water partition coefficient (Wildman–Crippen LogP) is 0.746. The molecule has 1 aromatic rings. The molecule has 0 spiro atoms. The lowest BCUT2D eigenvalue weighted by atomic mass is 10.2. The summed E-state index contributed by atoms with van der Waals surface area (Å²) in [6.07, 6.45) is 0. The number of methoxy groups -OCH3 is 1. The zero-order valence-electron chi connectivity index (χ0n) is 12.8. The van der Waals surface area contributed by atoms with Crippen LogP contribution in [-0.2, 0) is 9.53 Å². The number of hydrogen-bond donors (Lipinski definition) is 2. The number of carbonyl (C=O) groups is 2. The van der Waals surface area contributed by atoms with Gasteiger partial charge in [-0.05, 0) is 19.1 Å². The minimum Gasteiger partial charge on any atom is -0.490 e. The molecule has 120 valence electrons. The lowest BCUT2D eigenvalue weighted by molar-refractivity contribution is -0.118. The maximum absolute atomic E-state index is 12.0. The molecule has 1 aliphatic heterocycles. The molecule has 0 saturated carbocycles. The van der Waals surface area contributed by atoms with E-state index in [4.69, 9.17) is 9.47 Å². The maximum atomic E-state index is 12.0. The van der Waals surface area contributed by atoms with Gasteiger partial charge < -0.3 is 19.7 Å². The van der Waals surface area contributed by atoms with Gasteiger partial charge in [-0.2, -0.15) is 0 Å². The van der Waals surface area contributed by atoms with E-state index in [0.717, 1.165) is 11.4 Å². The van der Waals surface area contributed by atoms with E-state index in [9.17, 15) is 9.59 Å². The number of nitrogens with one attached hydrogen (secondary N) is 2. The van der Waals surface area contributed by atoms with Gasteiger partial charge in [0, 0.05) is 7.11 Å². The fourth-order valence-electron chi connectivity index (χ4n) is 2.28. The van der Waals surface area contributed by atoms with Crippen LogP contribution in [0.5, 0.6) is 5.75 Å². The summed E-state index contributed by atoms with van der Waals surface area (Å²) in [4.78, 5) is 25.6. The Morgan fingerprint density at radius 2 is 2.18 bits per heavy atom. The van der Waals surface area contributed by atoms with E-state index in [0.29, 0.717) is 19.8 Å². The minimum absolute atomic E-state index is 0.104. The summed E-state index contributed by atoms with van der Waals surface area (Å²) in [6, 6.07) is 6.84. The van der Waals surface area contributed by atoms with Gasteiger partial charge in [-0.3, -0.25) is 10.1 Å². The number of nitrogens with zero attached hydrogens (tertiary/aromatic N) is 1. The largest absolute Gasteiger partial charge is 0.490 e. The average Bonchev–Trinajstić information content (AvgIpc) is 2.47. The van der Waals surface area contributed by atoms with Crippen LogP contribution in [0.1, 0.15) is 6.92 Å². The molecule has 0 bridgehead atoms. The van der Waals surface area contributed by atoms with Crippen LogP contribution in [0.15, 0.2) is 24.3 Å².